The molecule has 1 heterocycles. The van der Waals surface area contributed by atoms with Crippen LogP contribution >= 0.6 is 0 Å². The molecule has 6 nitrogen and oxygen atoms in total. The third-order valence-corrected chi connectivity index (χ3v) is 3.48. The average Bonchev–Trinajstić information content (AvgIpc) is 2.99. The van der Waals surface area contributed by atoms with Crippen molar-refractivity contribution >= 4 is 17.6 Å². The van der Waals surface area contributed by atoms with Gasteiger partial charge in [-0.15, -0.1) is 5.10 Å². The SMILES string of the molecule is COc1ccc(-c2ccc(Nc3n[nH]c(N)n3)cc2C(F)(F)F)cc1. The summed E-state index contributed by atoms with van der Waals surface area (Å²) in [5.41, 5.74) is 5.32. The van der Waals surface area contributed by atoms with Gasteiger partial charge in [-0.1, -0.05) is 18.2 Å². The van der Waals surface area contributed by atoms with E-state index in [0.717, 1.165) is 6.07 Å². The second kappa shape index (κ2) is 6.34. The molecule has 1 aromatic heterocycles. The predicted octanol–water partition coefficient (Wildman–Crippen LogP) is 3.82. The summed E-state index contributed by atoms with van der Waals surface area (Å²) in [6, 6.07) is 10.3. The lowest BCUT2D eigenvalue weighted by atomic mass is 9.98. The molecule has 0 spiro atoms. The Morgan fingerprint density at radius 1 is 1.12 bits per heavy atom. The van der Waals surface area contributed by atoms with Crippen LogP contribution in [0.25, 0.3) is 11.1 Å². The lowest BCUT2D eigenvalue weighted by Gasteiger charge is -2.15. The van der Waals surface area contributed by atoms with E-state index < -0.39 is 11.7 Å². The number of nitrogen functional groups attached to an aromatic ring is 1. The van der Waals surface area contributed by atoms with Crippen LogP contribution in [-0.2, 0) is 6.18 Å². The number of hydrogen-bond acceptors (Lipinski definition) is 5. The quantitative estimate of drug-likeness (QED) is 0.666. The van der Waals surface area contributed by atoms with E-state index in [0.29, 0.717) is 11.3 Å². The van der Waals surface area contributed by atoms with Crippen molar-refractivity contribution in [1.82, 2.24) is 15.2 Å². The highest BCUT2D eigenvalue weighted by Crippen LogP contribution is 2.39. The lowest BCUT2D eigenvalue weighted by Crippen LogP contribution is -2.08. The first-order chi connectivity index (χ1) is 11.9. The minimum atomic E-state index is -4.52. The Hall–Kier alpha value is -3.23. The number of H-pyrrole nitrogens is 1. The van der Waals surface area contributed by atoms with E-state index in [-0.39, 0.29) is 23.1 Å². The zero-order valence-electron chi connectivity index (χ0n) is 13.1. The van der Waals surface area contributed by atoms with Crippen molar-refractivity contribution in [1.29, 1.82) is 0 Å². The first kappa shape index (κ1) is 16.6. The number of methoxy groups -OCH3 is 1. The number of benzene rings is 2. The van der Waals surface area contributed by atoms with Gasteiger partial charge in [-0.25, -0.2) is 5.10 Å². The molecule has 3 aromatic rings. The average molecular weight is 349 g/mol. The van der Waals surface area contributed by atoms with Crippen molar-refractivity contribution < 1.29 is 17.9 Å². The number of alkyl halides is 3. The van der Waals surface area contributed by atoms with Gasteiger partial charge in [0, 0.05) is 5.69 Å². The highest BCUT2D eigenvalue weighted by molar-refractivity contribution is 5.72. The molecule has 0 fully saturated rings. The van der Waals surface area contributed by atoms with Gasteiger partial charge in [0.05, 0.1) is 12.7 Å². The first-order valence-corrected chi connectivity index (χ1v) is 7.17. The number of nitrogens with one attached hydrogen (secondary N) is 2. The van der Waals surface area contributed by atoms with Crippen molar-refractivity contribution in [3.8, 4) is 16.9 Å². The van der Waals surface area contributed by atoms with E-state index in [9.17, 15) is 13.2 Å². The van der Waals surface area contributed by atoms with E-state index in [1.54, 1.807) is 24.3 Å². The van der Waals surface area contributed by atoms with E-state index in [2.05, 4.69) is 20.5 Å². The standard InChI is InChI=1S/C16H14F3N5O/c1-25-11-5-2-9(3-6-11)12-7-4-10(8-13(12)16(17,18)19)21-15-22-14(20)23-24-15/h2-8H,1H3,(H4,20,21,22,23,24). The van der Waals surface area contributed by atoms with Gasteiger partial charge in [0.15, 0.2) is 0 Å². The summed E-state index contributed by atoms with van der Waals surface area (Å²) in [7, 11) is 1.49. The van der Waals surface area contributed by atoms with Gasteiger partial charge in [0.2, 0.25) is 11.9 Å². The Bertz CT molecular complexity index is 874. The van der Waals surface area contributed by atoms with Gasteiger partial charge in [0.25, 0.3) is 0 Å². The predicted molar refractivity (Wildman–Crippen MR) is 87.5 cm³/mol. The molecular formula is C16H14F3N5O. The molecule has 0 atom stereocenters. The monoisotopic (exact) mass is 349 g/mol. The van der Waals surface area contributed by atoms with E-state index >= 15 is 0 Å². The second-order valence-electron chi connectivity index (χ2n) is 5.16. The van der Waals surface area contributed by atoms with Crippen LogP contribution in [0.1, 0.15) is 5.56 Å². The zero-order chi connectivity index (χ0) is 18.0. The molecule has 4 N–H and O–H groups in total. The Balaban J connectivity index is 2.00. The Morgan fingerprint density at radius 3 is 2.40 bits per heavy atom. The molecule has 0 saturated carbocycles. The van der Waals surface area contributed by atoms with E-state index in [4.69, 9.17) is 10.5 Å². The van der Waals surface area contributed by atoms with Crippen molar-refractivity contribution in [3.05, 3.63) is 48.0 Å². The molecule has 9 heteroatoms. The number of hydrogen-bond donors (Lipinski definition) is 3. The summed E-state index contributed by atoms with van der Waals surface area (Å²) in [5, 5.41) is 8.82. The van der Waals surface area contributed by atoms with Gasteiger partial charge in [-0.3, -0.25) is 0 Å². The number of halogens is 3. The molecule has 0 saturated heterocycles. The molecule has 0 amide bonds. The van der Waals surface area contributed by atoms with Crippen molar-refractivity contribution in [2.75, 3.05) is 18.2 Å². The highest BCUT2D eigenvalue weighted by Gasteiger charge is 2.34. The molecule has 0 aliphatic carbocycles. The Morgan fingerprint density at radius 2 is 1.84 bits per heavy atom. The van der Waals surface area contributed by atoms with Gasteiger partial charge in [-0.05, 0) is 35.4 Å². The Labute approximate surface area is 140 Å². The minimum absolute atomic E-state index is 0.0633. The fourth-order valence-electron chi connectivity index (χ4n) is 2.34. The van der Waals surface area contributed by atoms with Gasteiger partial charge in [0.1, 0.15) is 5.75 Å². The van der Waals surface area contributed by atoms with E-state index in [1.165, 1.54) is 19.2 Å². The molecular weight excluding hydrogens is 335 g/mol. The number of anilines is 3. The molecule has 130 valence electrons. The summed E-state index contributed by atoms with van der Waals surface area (Å²) in [4.78, 5) is 3.80. The third kappa shape index (κ3) is 3.65. The van der Waals surface area contributed by atoms with Crippen LogP contribution in [-0.4, -0.2) is 22.3 Å². The molecule has 0 bridgehead atoms. The maximum absolute atomic E-state index is 13.5. The highest BCUT2D eigenvalue weighted by atomic mass is 19.4. The fourth-order valence-corrected chi connectivity index (χ4v) is 2.34. The normalized spacial score (nSPS) is 11.4. The topological polar surface area (TPSA) is 88.8 Å². The van der Waals surface area contributed by atoms with Crippen LogP contribution in [0.2, 0.25) is 0 Å². The van der Waals surface area contributed by atoms with Crippen LogP contribution in [0.5, 0.6) is 5.75 Å². The smallest absolute Gasteiger partial charge is 0.417 e. The first-order valence-electron chi connectivity index (χ1n) is 7.17. The van der Waals surface area contributed by atoms with E-state index in [1.807, 2.05) is 0 Å². The largest absolute Gasteiger partial charge is 0.497 e. The van der Waals surface area contributed by atoms with Crippen LogP contribution in [0.4, 0.5) is 30.8 Å². The summed E-state index contributed by atoms with van der Waals surface area (Å²) in [6.45, 7) is 0. The fraction of sp³-hybridized carbons (Fsp3) is 0.125. The van der Waals surface area contributed by atoms with Crippen molar-refractivity contribution in [2.24, 2.45) is 0 Å². The van der Waals surface area contributed by atoms with Gasteiger partial charge < -0.3 is 15.8 Å². The molecule has 25 heavy (non-hydrogen) atoms. The molecule has 3 rings (SSSR count). The number of aromatic amines is 1. The summed E-state index contributed by atoms with van der Waals surface area (Å²) < 4.78 is 45.5. The van der Waals surface area contributed by atoms with Crippen LogP contribution in [0.3, 0.4) is 0 Å². The Kier molecular flexibility index (Phi) is 4.22. The molecule has 0 radical (unpaired) electrons. The van der Waals surface area contributed by atoms with Gasteiger partial charge in [-0.2, -0.15) is 18.2 Å². The second-order valence-corrected chi connectivity index (χ2v) is 5.16. The summed E-state index contributed by atoms with van der Waals surface area (Å²) >= 11 is 0. The third-order valence-electron chi connectivity index (χ3n) is 3.48. The minimum Gasteiger partial charge on any atom is -0.497 e. The zero-order valence-corrected chi connectivity index (χ0v) is 13.1. The van der Waals surface area contributed by atoms with Crippen molar-refractivity contribution in [2.45, 2.75) is 6.18 Å². The lowest BCUT2D eigenvalue weighted by molar-refractivity contribution is -0.137. The van der Waals surface area contributed by atoms with Crippen LogP contribution < -0.4 is 15.8 Å². The maximum atomic E-state index is 13.5. The van der Waals surface area contributed by atoms with Crippen LogP contribution in [0.15, 0.2) is 42.5 Å². The number of ether oxygens (including phenoxy) is 1. The molecule has 0 aliphatic rings. The van der Waals surface area contributed by atoms with Gasteiger partial charge >= 0.3 is 6.18 Å². The molecule has 0 unspecified atom stereocenters. The van der Waals surface area contributed by atoms with Crippen molar-refractivity contribution in [3.63, 3.8) is 0 Å². The molecule has 0 aliphatic heterocycles. The number of rotatable bonds is 4. The number of nitrogens with zero attached hydrogens (tertiary/aromatic N) is 2. The number of nitrogens with two attached hydrogens (primary N) is 1. The summed E-state index contributed by atoms with van der Waals surface area (Å²) in [6.07, 6.45) is -4.52. The molecule has 2 aromatic carbocycles. The number of aromatic nitrogens is 3. The van der Waals surface area contributed by atoms with Crippen LogP contribution in [0, 0.1) is 0 Å². The maximum Gasteiger partial charge on any atom is 0.417 e. The summed E-state index contributed by atoms with van der Waals surface area (Å²) in [5.74, 6) is 0.717.